The number of amides is 1. The summed E-state index contributed by atoms with van der Waals surface area (Å²) in [6, 6.07) is -0.344. The molecule has 2 N–H and O–H groups in total. The normalized spacial score (nSPS) is 43.9. The summed E-state index contributed by atoms with van der Waals surface area (Å²) >= 11 is 6.67. The Hall–Kier alpha value is -0.820. The quantitative estimate of drug-likeness (QED) is 0.584. The van der Waals surface area contributed by atoms with Crippen molar-refractivity contribution in [1.29, 1.82) is 0 Å². The Morgan fingerprint density at radius 2 is 2.39 bits per heavy atom. The van der Waals surface area contributed by atoms with Crippen LogP contribution in [0.2, 0.25) is 0 Å². The molecule has 1 amide bonds. The number of nitrogens with one attached hydrogen (secondary N) is 1. The number of rotatable bonds is 3. The second kappa shape index (κ2) is 3.39. The van der Waals surface area contributed by atoms with Crippen molar-refractivity contribution >= 4 is 40.8 Å². The lowest BCUT2D eigenvalue weighted by Crippen LogP contribution is -2.71. The van der Waals surface area contributed by atoms with E-state index < -0.39 is 11.5 Å². The van der Waals surface area contributed by atoms with Crippen LogP contribution in [0.25, 0.3) is 0 Å². The number of fused-ring (bicyclic) bond motifs is 3. The molecule has 4 atom stereocenters. The van der Waals surface area contributed by atoms with Crippen LogP contribution in [0.5, 0.6) is 0 Å². The van der Waals surface area contributed by atoms with Crippen LogP contribution >= 0.6 is 24.0 Å². The average molecular weight is 286 g/mol. The molecule has 2 heterocycles. The number of carbonyl (C=O) groups excluding carboxylic acids is 1. The van der Waals surface area contributed by atoms with E-state index >= 15 is 0 Å². The van der Waals surface area contributed by atoms with Gasteiger partial charge in [0.1, 0.15) is 11.4 Å². The Bertz CT molecular complexity index is 483. The maximum atomic E-state index is 12.1. The van der Waals surface area contributed by atoms with Crippen LogP contribution in [-0.2, 0) is 9.59 Å². The summed E-state index contributed by atoms with van der Waals surface area (Å²) in [5.74, 6) is -1.02. The minimum Gasteiger partial charge on any atom is -0.479 e. The van der Waals surface area contributed by atoms with E-state index in [1.54, 1.807) is 11.8 Å². The van der Waals surface area contributed by atoms with Gasteiger partial charge in [0.05, 0.1) is 9.74 Å². The summed E-state index contributed by atoms with van der Waals surface area (Å²) < 4.78 is -0.330. The van der Waals surface area contributed by atoms with Crippen molar-refractivity contribution in [1.82, 2.24) is 10.2 Å². The molecule has 0 spiro atoms. The first-order chi connectivity index (χ1) is 8.37. The minimum atomic E-state index is -0.967. The zero-order valence-electron chi connectivity index (χ0n) is 10.1. The van der Waals surface area contributed by atoms with Crippen LogP contribution in [0.4, 0.5) is 0 Å². The van der Waals surface area contributed by atoms with Crippen molar-refractivity contribution in [2.24, 2.45) is 0 Å². The number of carbonyl (C=O) groups is 2. The highest BCUT2D eigenvalue weighted by Crippen LogP contribution is 2.71. The van der Waals surface area contributed by atoms with E-state index in [4.69, 9.17) is 12.2 Å². The predicted octanol–water partition coefficient (Wildman–Crippen LogP) is 0.583. The monoisotopic (exact) mass is 286 g/mol. The van der Waals surface area contributed by atoms with Crippen molar-refractivity contribution in [3.8, 4) is 0 Å². The molecule has 2 saturated heterocycles. The van der Waals surface area contributed by atoms with E-state index in [-0.39, 0.29) is 22.1 Å². The average Bonchev–Trinajstić information content (AvgIpc) is 2.85. The number of aliphatic carboxylic acids is 1. The van der Waals surface area contributed by atoms with E-state index in [0.29, 0.717) is 17.8 Å². The molecule has 3 rings (SSSR count). The fourth-order valence-electron chi connectivity index (χ4n) is 2.99. The molecule has 3 aliphatic rings. The van der Waals surface area contributed by atoms with Gasteiger partial charge in [0, 0.05) is 6.42 Å². The first-order valence-electron chi connectivity index (χ1n) is 5.91. The van der Waals surface area contributed by atoms with Crippen LogP contribution in [0.15, 0.2) is 0 Å². The number of thioether (sulfide) groups is 1. The fraction of sp³-hybridized carbons (Fsp3) is 0.727. The maximum absolute atomic E-state index is 12.1. The summed E-state index contributed by atoms with van der Waals surface area (Å²) in [6.45, 7) is 3.85. The molecule has 1 aliphatic carbocycles. The highest BCUT2D eigenvalue weighted by Gasteiger charge is 2.84. The van der Waals surface area contributed by atoms with Gasteiger partial charge in [0.2, 0.25) is 5.91 Å². The highest BCUT2D eigenvalue weighted by molar-refractivity contribution is 8.02. The zero-order valence-corrected chi connectivity index (χ0v) is 11.7. The van der Waals surface area contributed by atoms with E-state index in [9.17, 15) is 14.7 Å². The first kappa shape index (κ1) is 12.2. The molecule has 3 unspecified atom stereocenters. The maximum Gasteiger partial charge on any atom is 0.331 e. The number of hydrogen-bond acceptors (Lipinski definition) is 4. The van der Waals surface area contributed by atoms with Crippen LogP contribution in [0.1, 0.15) is 26.7 Å². The number of thiocarbonyl (C=S) groups is 1. The number of nitrogens with zero attached hydrogens (tertiary/aromatic N) is 1. The van der Waals surface area contributed by atoms with Crippen LogP contribution in [-0.4, -0.2) is 48.6 Å². The van der Waals surface area contributed by atoms with Crippen molar-refractivity contribution in [2.75, 3.05) is 0 Å². The summed E-state index contributed by atoms with van der Waals surface area (Å²) in [4.78, 5) is 25.7. The molecule has 0 aromatic carbocycles. The summed E-state index contributed by atoms with van der Waals surface area (Å²) in [5.41, 5.74) is -0.967. The number of β-lactam (4-membered cyclic amide) rings is 1. The molecule has 2 aliphatic heterocycles. The smallest absolute Gasteiger partial charge is 0.331 e. The van der Waals surface area contributed by atoms with E-state index in [1.165, 1.54) is 4.90 Å². The first-order valence-corrected chi connectivity index (χ1v) is 7.20. The standard InChI is InChI=1S/C11H14N2O3S2/c1-3-5(17)12-6-7(14)13-8(6)18-10(2)4-11(10,13)9(15)16/h6,8H,3-4H2,1-2H3,(H,12,17)(H,15,16)/t6?,8-,10?,11?/m0/s1. The molecule has 0 aromatic heterocycles. The topological polar surface area (TPSA) is 69.6 Å². The van der Waals surface area contributed by atoms with Gasteiger partial charge >= 0.3 is 5.97 Å². The number of carboxylic acid groups (broad SMARTS) is 1. The van der Waals surface area contributed by atoms with Gasteiger partial charge in [-0.05, 0) is 13.3 Å². The lowest BCUT2D eigenvalue weighted by Gasteiger charge is -2.46. The Morgan fingerprint density at radius 3 is 2.94 bits per heavy atom. The van der Waals surface area contributed by atoms with Crippen LogP contribution < -0.4 is 5.32 Å². The largest absolute Gasteiger partial charge is 0.479 e. The molecular weight excluding hydrogens is 272 g/mol. The summed E-state index contributed by atoms with van der Waals surface area (Å²) in [5, 5.41) is 12.3. The third-order valence-corrected chi connectivity index (χ3v) is 6.30. The Balaban J connectivity index is 1.82. The zero-order chi connectivity index (χ0) is 13.3. The molecule has 18 heavy (non-hydrogen) atoms. The molecule has 1 saturated carbocycles. The Morgan fingerprint density at radius 1 is 1.72 bits per heavy atom. The van der Waals surface area contributed by atoms with Crippen molar-refractivity contribution < 1.29 is 14.7 Å². The van der Waals surface area contributed by atoms with Gasteiger partial charge in [-0.3, -0.25) is 4.79 Å². The van der Waals surface area contributed by atoms with Crippen molar-refractivity contribution in [3.63, 3.8) is 0 Å². The molecule has 0 bridgehead atoms. The highest BCUT2D eigenvalue weighted by atomic mass is 32.2. The molecule has 98 valence electrons. The summed E-state index contributed by atoms with van der Waals surface area (Å²) in [7, 11) is 0. The van der Waals surface area contributed by atoms with Gasteiger partial charge in [0.25, 0.3) is 0 Å². The van der Waals surface area contributed by atoms with Gasteiger partial charge in [-0.1, -0.05) is 19.1 Å². The molecule has 0 aromatic rings. The molecule has 5 nitrogen and oxygen atoms in total. The third-order valence-electron chi connectivity index (χ3n) is 4.17. The number of carboxylic acids is 1. The number of hydrogen-bond donors (Lipinski definition) is 2. The second-order valence-corrected chi connectivity index (χ2v) is 7.30. The molecular formula is C11H14N2O3S2. The summed E-state index contributed by atoms with van der Waals surface area (Å²) in [6.07, 6.45) is 1.24. The van der Waals surface area contributed by atoms with Gasteiger partial charge < -0.3 is 15.3 Å². The van der Waals surface area contributed by atoms with Crippen LogP contribution in [0.3, 0.4) is 0 Å². The van der Waals surface area contributed by atoms with E-state index in [0.717, 1.165) is 0 Å². The Kier molecular flexibility index (Phi) is 2.30. The van der Waals surface area contributed by atoms with E-state index in [2.05, 4.69) is 5.32 Å². The lowest BCUT2D eigenvalue weighted by molar-refractivity contribution is -0.161. The van der Waals surface area contributed by atoms with Gasteiger partial charge in [-0.2, -0.15) is 0 Å². The molecule has 7 heteroatoms. The predicted molar refractivity (Wildman–Crippen MR) is 71.4 cm³/mol. The van der Waals surface area contributed by atoms with Gasteiger partial charge in [-0.25, -0.2) is 4.79 Å². The second-order valence-electron chi connectivity index (χ2n) is 5.19. The molecule has 0 radical (unpaired) electrons. The third kappa shape index (κ3) is 1.17. The van der Waals surface area contributed by atoms with Crippen LogP contribution in [0, 0.1) is 0 Å². The molecule has 3 fully saturated rings. The van der Waals surface area contributed by atoms with Gasteiger partial charge in [0.15, 0.2) is 5.54 Å². The van der Waals surface area contributed by atoms with Crippen molar-refractivity contribution in [2.45, 2.75) is 48.4 Å². The Labute approximate surface area is 114 Å². The lowest BCUT2D eigenvalue weighted by atomic mass is 10.0. The minimum absolute atomic E-state index is 0.0863. The van der Waals surface area contributed by atoms with Crippen molar-refractivity contribution in [3.05, 3.63) is 0 Å². The van der Waals surface area contributed by atoms with Gasteiger partial charge in [-0.15, -0.1) is 11.8 Å². The SMILES string of the molecule is CCC(=S)NC1C(=O)N2[C@H]1SC1(C)CC21C(=O)O. The fourth-order valence-corrected chi connectivity index (χ4v) is 5.04. The van der Waals surface area contributed by atoms with E-state index in [1.807, 2.05) is 13.8 Å².